The molecule has 12 bridgehead atoms. The summed E-state index contributed by atoms with van der Waals surface area (Å²) in [7, 11) is -57.8. The van der Waals surface area contributed by atoms with Crippen molar-refractivity contribution in [3.05, 3.63) is 0 Å². The molecule has 26 nitrogen and oxygen atoms in total. The van der Waals surface area contributed by atoms with Gasteiger partial charge >= 0.3 is 141 Å². The average Bonchev–Trinajstić information content (AvgIpc) is 2.96. The minimum atomic E-state index is -4.22. The van der Waals surface area contributed by atoms with Crippen LogP contribution in [0.3, 0.4) is 0 Å². The van der Waals surface area contributed by atoms with Crippen molar-refractivity contribution in [3.63, 3.8) is 0 Å². The largest absolute Gasteiger partial charge is 0.482 e. The third kappa shape index (κ3) is 11.0. The SMILES string of the molecule is CO[Si]1(C)O[Si](C)(OC)O[Si]2(C)O[Si](C)(O1)O[Si]1(C)O[Si](C)(O2)O[Si]2(C)O[Si](C)(O1)O[Si]1(C)O[Si]3(C)O[Si]4(C)O[Si](C)(OC)O[Si](C)(OC)O[Si](C)(O4)O[Si](C)(O3)O[Si](C)(O1)O2. The Morgan fingerprint density at radius 1 is 0.161 bits per heavy atom. The van der Waals surface area contributed by atoms with Crippen molar-refractivity contribution in [1.29, 1.82) is 0 Å². The van der Waals surface area contributed by atoms with E-state index in [1.165, 1.54) is 28.4 Å². The molecule has 0 spiro atoms. The topological polar surface area (TPSA) is 240 Å². The van der Waals surface area contributed by atoms with E-state index in [2.05, 4.69) is 0 Å². The molecular weight excluding hydrogens is 1110 g/mol. The minimum Gasteiger partial charge on any atom is -0.378 e. The summed E-state index contributed by atoms with van der Waals surface area (Å²) in [5.74, 6) is 0. The van der Waals surface area contributed by atoms with Gasteiger partial charge in [-0.05, 0) is 0 Å². The predicted octanol–water partition coefficient (Wildman–Crippen LogP) is 2.13. The molecule has 0 aromatic heterocycles. The van der Waals surface area contributed by atoms with E-state index in [-0.39, 0.29) is 0 Å². The Morgan fingerprint density at radius 2 is 0.258 bits per heavy atom. The van der Waals surface area contributed by atoms with Crippen molar-refractivity contribution in [3.8, 4) is 0 Å². The van der Waals surface area contributed by atoms with Gasteiger partial charge in [-0.15, -0.1) is 0 Å². The van der Waals surface area contributed by atoms with Gasteiger partial charge in [-0.3, -0.25) is 0 Å². The molecule has 0 saturated carbocycles. The van der Waals surface area contributed by atoms with Gasteiger partial charge in [0.05, 0.1) is 0 Å². The first-order chi connectivity index (χ1) is 27.8. The van der Waals surface area contributed by atoms with Crippen LogP contribution in [0.1, 0.15) is 0 Å². The summed E-state index contributed by atoms with van der Waals surface area (Å²) in [4.78, 5) is 0. The highest BCUT2D eigenvalue weighted by molar-refractivity contribution is 7.02. The number of rotatable bonds is 4. The van der Waals surface area contributed by atoms with Crippen molar-refractivity contribution in [1.82, 2.24) is 0 Å². The Kier molecular flexibility index (Phi) is 13.5. The molecule has 0 aromatic rings. The van der Waals surface area contributed by atoms with Crippen molar-refractivity contribution >= 4 is 141 Å². The molecule has 0 N–H and O–H groups in total. The third-order valence-corrected chi connectivity index (χ3v) is 77.9. The zero-order valence-electron chi connectivity index (χ0n) is 38.6. The van der Waals surface area contributed by atoms with Crippen LogP contribution in [-0.4, -0.2) is 169 Å². The number of hydrogen-bond donors (Lipinski definition) is 0. The van der Waals surface area contributed by atoms with E-state index in [1.807, 2.05) is 0 Å². The van der Waals surface area contributed by atoms with Crippen LogP contribution in [0, 0.1) is 0 Å². The van der Waals surface area contributed by atoms with Gasteiger partial charge in [0.2, 0.25) is 0 Å². The van der Waals surface area contributed by atoms with Crippen LogP contribution in [0.5, 0.6) is 0 Å². The summed E-state index contributed by atoms with van der Waals surface area (Å²) < 4.78 is 173. The molecule has 0 aliphatic carbocycles. The zero-order chi connectivity index (χ0) is 46.4. The molecule has 7 fully saturated rings. The highest BCUT2D eigenvalue weighted by atomic mass is 28.6. The molecule has 7 saturated heterocycles. The lowest BCUT2D eigenvalue weighted by Gasteiger charge is -2.58. The van der Waals surface area contributed by atoms with E-state index in [9.17, 15) is 0 Å². The van der Waals surface area contributed by atoms with Crippen molar-refractivity contribution < 1.29 is 108 Å². The lowest BCUT2D eigenvalue weighted by atomic mass is 11.8. The standard InChI is InChI=1S/C20H60O26Si16/c1-21-47(5)25-48(6,22-2)28-52(10)31-51(9,27-47)33-55(13)37-56(14,34-52)40-60(18)43-59(17,39-55)45-61(19)41-57(15)35-53(11)29-49(7,23-3)26-50(8,24-4)30-54(12,32-53)36-58(16,38-57)42-62(20,44-61)46-60/h1-20H3. The van der Waals surface area contributed by atoms with Crippen LogP contribution < -0.4 is 0 Å². The predicted molar refractivity (Wildman–Crippen MR) is 238 cm³/mol. The van der Waals surface area contributed by atoms with E-state index < -0.39 is 141 Å². The second-order valence-electron chi connectivity index (χ2n) is 16.9. The van der Waals surface area contributed by atoms with Gasteiger partial charge in [0, 0.05) is 133 Å². The first-order valence-electron chi connectivity index (χ1n) is 19.4. The number of fused-ring (bicyclic) bond motifs is 12. The first kappa shape index (κ1) is 52.3. The lowest BCUT2D eigenvalue weighted by Crippen LogP contribution is -2.83. The fourth-order valence-corrected chi connectivity index (χ4v) is 92.2. The molecular formula is C20H60O26Si16. The summed E-state index contributed by atoms with van der Waals surface area (Å²) >= 11 is 0. The van der Waals surface area contributed by atoms with Crippen molar-refractivity contribution in [2.24, 2.45) is 0 Å². The van der Waals surface area contributed by atoms with Gasteiger partial charge in [-0.2, -0.15) is 0 Å². The summed E-state index contributed by atoms with van der Waals surface area (Å²) in [6.45, 7) is 26.5. The maximum absolute atomic E-state index is 6.99. The molecule has 0 aromatic carbocycles. The summed E-state index contributed by atoms with van der Waals surface area (Å²) in [6.07, 6.45) is 0. The fourth-order valence-electron chi connectivity index (χ4n) is 8.58. The molecule has 7 heterocycles. The summed E-state index contributed by atoms with van der Waals surface area (Å²) in [6, 6.07) is 0. The Labute approximate surface area is 380 Å². The van der Waals surface area contributed by atoms with Crippen LogP contribution in [0.15, 0.2) is 0 Å². The maximum Gasteiger partial charge on any atom is 0.482 e. The monoisotopic (exact) mass is 1160 g/mol. The van der Waals surface area contributed by atoms with Crippen molar-refractivity contribution in [2.75, 3.05) is 28.4 Å². The van der Waals surface area contributed by atoms with Crippen LogP contribution in [0.2, 0.25) is 105 Å². The fraction of sp³-hybridized carbons (Fsp3) is 1.00. The summed E-state index contributed by atoms with van der Waals surface area (Å²) in [5.41, 5.74) is 0. The van der Waals surface area contributed by atoms with Crippen LogP contribution in [0.4, 0.5) is 0 Å². The van der Waals surface area contributed by atoms with Crippen molar-refractivity contribution in [2.45, 2.75) is 105 Å². The van der Waals surface area contributed by atoms with E-state index in [1.54, 1.807) is 105 Å². The lowest BCUT2D eigenvalue weighted by molar-refractivity contribution is 0.000254. The van der Waals surface area contributed by atoms with Gasteiger partial charge in [-0.1, -0.05) is 0 Å². The molecule has 42 heteroatoms. The maximum atomic E-state index is 6.99. The Balaban J connectivity index is 1.33. The van der Waals surface area contributed by atoms with Gasteiger partial charge in [0.25, 0.3) is 0 Å². The highest BCUT2D eigenvalue weighted by Crippen LogP contribution is 2.48. The second-order valence-corrected chi connectivity index (χ2v) is 64.1. The normalized spacial score (nSPS) is 59.8. The molecule has 0 radical (unpaired) electrons. The Hall–Kier alpha value is 2.43. The Morgan fingerprint density at radius 3 is 0.355 bits per heavy atom. The molecule has 7 aliphatic heterocycles. The second kappa shape index (κ2) is 16.0. The quantitative estimate of drug-likeness (QED) is 0.366. The number of hydrogen-bond acceptors (Lipinski definition) is 26. The third-order valence-electron chi connectivity index (χ3n) is 9.64. The van der Waals surface area contributed by atoms with E-state index in [0.29, 0.717) is 0 Å². The van der Waals surface area contributed by atoms with Gasteiger partial charge < -0.3 is 108 Å². The molecule has 7 aliphatic rings. The average molecular weight is 1170 g/mol. The van der Waals surface area contributed by atoms with Gasteiger partial charge in [0.1, 0.15) is 0 Å². The molecule has 62 heavy (non-hydrogen) atoms. The molecule has 0 amide bonds. The van der Waals surface area contributed by atoms with Crippen LogP contribution in [-0.2, 0) is 108 Å². The van der Waals surface area contributed by atoms with Gasteiger partial charge in [-0.25, -0.2) is 0 Å². The molecule has 12 atom stereocenters. The molecule has 7 rings (SSSR count). The molecule has 360 valence electrons. The Bertz CT molecular complexity index is 1550. The zero-order valence-corrected chi connectivity index (χ0v) is 54.6. The van der Waals surface area contributed by atoms with E-state index in [0.717, 1.165) is 0 Å². The summed E-state index contributed by atoms with van der Waals surface area (Å²) in [5, 5.41) is 0. The van der Waals surface area contributed by atoms with Crippen LogP contribution in [0.25, 0.3) is 0 Å². The van der Waals surface area contributed by atoms with E-state index in [4.69, 9.17) is 108 Å². The van der Waals surface area contributed by atoms with Gasteiger partial charge in [0.15, 0.2) is 0 Å². The van der Waals surface area contributed by atoms with Crippen LogP contribution >= 0.6 is 0 Å². The smallest absolute Gasteiger partial charge is 0.378 e. The highest BCUT2D eigenvalue weighted by Gasteiger charge is 2.78. The van der Waals surface area contributed by atoms with E-state index >= 15 is 0 Å². The first-order valence-corrected chi connectivity index (χ1v) is 55.0. The minimum absolute atomic E-state index is 1.46. The molecule has 12 unspecified atom stereocenters.